The standard InChI is InChI=1S/C20H31N3O/c1-2-24-20-7-5-19(6-8-20)23-15-17-13-22(14-18(17)16-23)12-11-21-9-3-4-10-21/h5-8,17-18H,2-4,9-16H2,1H3/t17-,18+. The number of ether oxygens (including phenoxy) is 1. The third-order valence-corrected chi connectivity index (χ3v) is 6.01. The van der Waals surface area contributed by atoms with Gasteiger partial charge in [-0.3, -0.25) is 0 Å². The zero-order valence-electron chi connectivity index (χ0n) is 15.0. The Labute approximate surface area is 146 Å². The number of fused-ring (bicyclic) bond motifs is 1. The van der Waals surface area contributed by atoms with Gasteiger partial charge in [-0.2, -0.15) is 0 Å². The Kier molecular flexibility index (Phi) is 4.95. The maximum absolute atomic E-state index is 5.55. The quantitative estimate of drug-likeness (QED) is 0.798. The lowest BCUT2D eigenvalue weighted by molar-refractivity contribution is 0.248. The Balaban J connectivity index is 1.26. The first-order valence-corrected chi connectivity index (χ1v) is 9.74. The van der Waals surface area contributed by atoms with E-state index in [1.807, 2.05) is 6.92 Å². The summed E-state index contributed by atoms with van der Waals surface area (Å²) in [7, 11) is 0. The molecule has 3 heterocycles. The van der Waals surface area contributed by atoms with Crippen LogP contribution in [0.15, 0.2) is 24.3 Å². The zero-order valence-corrected chi connectivity index (χ0v) is 15.0. The van der Waals surface area contributed by atoms with Crippen LogP contribution in [0.2, 0.25) is 0 Å². The molecule has 0 N–H and O–H groups in total. The van der Waals surface area contributed by atoms with Crippen LogP contribution < -0.4 is 9.64 Å². The first-order valence-electron chi connectivity index (χ1n) is 9.74. The molecule has 0 aromatic heterocycles. The van der Waals surface area contributed by atoms with Crippen molar-refractivity contribution in [1.29, 1.82) is 0 Å². The second kappa shape index (κ2) is 7.32. The number of anilines is 1. The number of nitrogens with zero attached hydrogens (tertiary/aromatic N) is 3. The highest BCUT2D eigenvalue weighted by Gasteiger charge is 2.39. The summed E-state index contributed by atoms with van der Waals surface area (Å²) in [5.74, 6) is 2.69. The van der Waals surface area contributed by atoms with Gasteiger partial charge in [0.15, 0.2) is 0 Å². The highest BCUT2D eigenvalue weighted by Crippen LogP contribution is 2.34. The largest absolute Gasteiger partial charge is 0.494 e. The number of likely N-dealkylation sites (tertiary alicyclic amines) is 2. The normalized spacial score (nSPS) is 27.8. The van der Waals surface area contributed by atoms with Crippen molar-refractivity contribution < 1.29 is 4.74 Å². The molecule has 0 unspecified atom stereocenters. The van der Waals surface area contributed by atoms with E-state index < -0.39 is 0 Å². The monoisotopic (exact) mass is 329 g/mol. The molecular formula is C20H31N3O. The number of benzene rings is 1. The summed E-state index contributed by atoms with van der Waals surface area (Å²) in [6, 6.07) is 8.65. The van der Waals surface area contributed by atoms with Crippen LogP contribution in [0.25, 0.3) is 0 Å². The smallest absolute Gasteiger partial charge is 0.119 e. The fourth-order valence-corrected chi connectivity index (χ4v) is 4.69. The highest BCUT2D eigenvalue weighted by atomic mass is 16.5. The van der Waals surface area contributed by atoms with Crippen LogP contribution in [0.4, 0.5) is 5.69 Å². The van der Waals surface area contributed by atoms with E-state index in [9.17, 15) is 0 Å². The predicted octanol–water partition coefficient (Wildman–Crippen LogP) is 2.55. The van der Waals surface area contributed by atoms with Crippen LogP contribution in [0, 0.1) is 11.8 Å². The zero-order chi connectivity index (χ0) is 16.4. The molecule has 1 aromatic rings. The molecule has 4 heteroatoms. The van der Waals surface area contributed by atoms with Gasteiger partial charge in [0.1, 0.15) is 5.75 Å². The van der Waals surface area contributed by atoms with Crippen molar-refractivity contribution in [2.45, 2.75) is 19.8 Å². The molecular weight excluding hydrogens is 298 g/mol. The maximum atomic E-state index is 5.55. The molecule has 0 radical (unpaired) electrons. The van der Waals surface area contributed by atoms with Gasteiger partial charge in [-0.25, -0.2) is 0 Å². The molecule has 4 rings (SSSR count). The van der Waals surface area contributed by atoms with Crippen LogP contribution in [0.5, 0.6) is 5.75 Å². The van der Waals surface area contributed by atoms with E-state index in [4.69, 9.17) is 4.74 Å². The molecule has 0 spiro atoms. The van der Waals surface area contributed by atoms with E-state index in [0.29, 0.717) is 0 Å². The third kappa shape index (κ3) is 3.55. The molecule has 132 valence electrons. The Morgan fingerprint density at radius 3 is 2.12 bits per heavy atom. The van der Waals surface area contributed by atoms with Gasteiger partial charge in [-0.05, 0) is 69.0 Å². The lowest BCUT2D eigenvalue weighted by Gasteiger charge is -2.24. The SMILES string of the molecule is CCOc1ccc(N2C[C@H]3CN(CCN4CCCC4)C[C@H]3C2)cc1. The molecule has 0 saturated carbocycles. The van der Waals surface area contributed by atoms with Gasteiger partial charge in [-0.1, -0.05) is 0 Å². The van der Waals surface area contributed by atoms with Crippen molar-refractivity contribution in [1.82, 2.24) is 9.80 Å². The third-order valence-electron chi connectivity index (χ3n) is 6.01. The molecule has 0 aliphatic carbocycles. The second-order valence-corrected chi connectivity index (χ2v) is 7.66. The number of rotatable bonds is 6. The van der Waals surface area contributed by atoms with Crippen molar-refractivity contribution in [3.63, 3.8) is 0 Å². The van der Waals surface area contributed by atoms with E-state index in [-0.39, 0.29) is 0 Å². The van der Waals surface area contributed by atoms with Gasteiger partial charge in [-0.15, -0.1) is 0 Å². The van der Waals surface area contributed by atoms with Gasteiger partial charge in [0.2, 0.25) is 0 Å². The first-order chi connectivity index (χ1) is 11.8. The lowest BCUT2D eigenvalue weighted by atomic mass is 10.0. The Morgan fingerprint density at radius 2 is 1.50 bits per heavy atom. The molecule has 2 atom stereocenters. The van der Waals surface area contributed by atoms with Crippen molar-refractivity contribution >= 4 is 5.69 Å². The molecule has 3 saturated heterocycles. The maximum Gasteiger partial charge on any atom is 0.119 e. The Bertz CT molecular complexity index is 512. The summed E-state index contributed by atoms with van der Waals surface area (Å²) in [5, 5.41) is 0. The summed E-state index contributed by atoms with van der Waals surface area (Å²) in [6.45, 7) is 13.0. The lowest BCUT2D eigenvalue weighted by Crippen LogP contribution is -2.35. The molecule has 0 amide bonds. The molecule has 4 nitrogen and oxygen atoms in total. The van der Waals surface area contributed by atoms with Crippen molar-refractivity contribution in [3.8, 4) is 5.75 Å². The molecule has 0 bridgehead atoms. The Morgan fingerprint density at radius 1 is 0.875 bits per heavy atom. The molecule has 1 aromatic carbocycles. The van der Waals surface area contributed by atoms with E-state index in [1.54, 1.807) is 0 Å². The first kappa shape index (κ1) is 16.2. The van der Waals surface area contributed by atoms with E-state index in [2.05, 4.69) is 39.0 Å². The van der Waals surface area contributed by atoms with Crippen LogP contribution in [0.3, 0.4) is 0 Å². The molecule has 3 fully saturated rings. The average Bonchev–Trinajstić information content (AvgIpc) is 3.30. The molecule has 24 heavy (non-hydrogen) atoms. The van der Waals surface area contributed by atoms with Crippen molar-refractivity contribution in [2.75, 3.05) is 63.9 Å². The van der Waals surface area contributed by atoms with Crippen molar-refractivity contribution in [2.24, 2.45) is 11.8 Å². The summed E-state index contributed by atoms with van der Waals surface area (Å²) < 4.78 is 5.55. The van der Waals surface area contributed by atoms with Crippen LogP contribution in [-0.4, -0.2) is 68.8 Å². The van der Waals surface area contributed by atoms with E-state index >= 15 is 0 Å². The van der Waals surface area contributed by atoms with Crippen LogP contribution >= 0.6 is 0 Å². The van der Waals surface area contributed by atoms with Gasteiger partial charge < -0.3 is 19.4 Å². The molecule has 3 aliphatic heterocycles. The summed E-state index contributed by atoms with van der Waals surface area (Å²) in [5.41, 5.74) is 1.36. The number of hydrogen-bond donors (Lipinski definition) is 0. The average molecular weight is 329 g/mol. The minimum atomic E-state index is 0.737. The van der Waals surface area contributed by atoms with Gasteiger partial charge in [0.25, 0.3) is 0 Å². The van der Waals surface area contributed by atoms with Gasteiger partial charge in [0, 0.05) is 45.0 Å². The van der Waals surface area contributed by atoms with Gasteiger partial charge >= 0.3 is 0 Å². The molecule has 3 aliphatic rings. The second-order valence-electron chi connectivity index (χ2n) is 7.66. The van der Waals surface area contributed by atoms with E-state index in [0.717, 1.165) is 24.2 Å². The highest BCUT2D eigenvalue weighted by molar-refractivity contribution is 5.50. The summed E-state index contributed by atoms with van der Waals surface area (Å²) >= 11 is 0. The predicted molar refractivity (Wildman–Crippen MR) is 98.9 cm³/mol. The summed E-state index contributed by atoms with van der Waals surface area (Å²) in [6.07, 6.45) is 2.81. The van der Waals surface area contributed by atoms with E-state index in [1.165, 1.54) is 70.9 Å². The minimum absolute atomic E-state index is 0.737. The fraction of sp³-hybridized carbons (Fsp3) is 0.700. The van der Waals surface area contributed by atoms with Crippen molar-refractivity contribution in [3.05, 3.63) is 24.3 Å². The van der Waals surface area contributed by atoms with Crippen LogP contribution in [0.1, 0.15) is 19.8 Å². The summed E-state index contributed by atoms with van der Waals surface area (Å²) in [4.78, 5) is 7.92. The van der Waals surface area contributed by atoms with Crippen LogP contribution in [-0.2, 0) is 0 Å². The van der Waals surface area contributed by atoms with Gasteiger partial charge in [0.05, 0.1) is 6.61 Å². The topological polar surface area (TPSA) is 19.0 Å². The number of hydrogen-bond acceptors (Lipinski definition) is 4. The fourth-order valence-electron chi connectivity index (χ4n) is 4.69. The Hall–Kier alpha value is -1.26. The minimum Gasteiger partial charge on any atom is -0.494 e.